The van der Waals surface area contributed by atoms with E-state index < -0.39 is 5.54 Å². The summed E-state index contributed by atoms with van der Waals surface area (Å²) in [5.74, 6) is 0.297. The van der Waals surface area contributed by atoms with E-state index in [1.165, 1.54) is 101 Å². The topological polar surface area (TPSA) is 6.48 Å². The molecule has 5 aromatic carbocycles. The third kappa shape index (κ3) is 4.36. The van der Waals surface area contributed by atoms with E-state index in [4.69, 9.17) is 0 Å². The average Bonchev–Trinajstić information content (AvgIpc) is 3.70. The van der Waals surface area contributed by atoms with Crippen LogP contribution < -0.4 is 15.2 Å². The second kappa shape index (κ2) is 12.4. The third-order valence-corrected chi connectivity index (χ3v) is 22.0. The van der Waals surface area contributed by atoms with E-state index in [0.29, 0.717) is 5.92 Å². The van der Waals surface area contributed by atoms with Gasteiger partial charge in [0.1, 0.15) is 0 Å². The van der Waals surface area contributed by atoms with E-state index in [9.17, 15) is 0 Å². The van der Waals surface area contributed by atoms with Crippen molar-refractivity contribution in [2.75, 3.05) is 9.71 Å². The molecule has 0 bridgehead atoms. The van der Waals surface area contributed by atoms with Crippen molar-refractivity contribution in [2.24, 2.45) is 5.92 Å². The molecule has 0 amide bonds. The fourth-order valence-corrected chi connectivity index (χ4v) is 18.6. The van der Waals surface area contributed by atoms with Crippen LogP contribution in [0.3, 0.4) is 0 Å². The van der Waals surface area contributed by atoms with E-state index in [2.05, 4.69) is 189 Å². The van der Waals surface area contributed by atoms with Gasteiger partial charge in [0.15, 0.2) is 0 Å². The molecule has 14 rings (SSSR count). The summed E-state index contributed by atoms with van der Waals surface area (Å²) in [6.07, 6.45) is 16.3. The molecular formula is C62H67BN2S. The molecule has 66 heavy (non-hydrogen) atoms. The van der Waals surface area contributed by atoms with E-state index in [0.717, 1.165) is 6.42 Å². The standard InChI is InChI=1S/C62H67BN2S/c1-12-13-20-37-31-40-49-39-22-15-14-21-38(39)33-47-51(49)63(65-52(40)45(32-37)59(8)26-18-19-27-60(59,65)9)54-55-61(10,44-34-42-43(35-48(44)66-55)57(5,6)30-29-56(42,3)4)50-36(2)25-28-58(7)41-23-16-17-24-46(41)64(47)62(54,11)53(50)58/h14-17,21-25,28,31-36H,12-13,18-20,26-27,29-30H2,1-11H3. The number of hydrogen-bond donors (Lipinski definition) is 0. The number of para-hydroxylation sites is 1. The number of unbranched alkanes of at least 4 members (excludes halogenated alkanes) is 1. The molecule has 0 spiro atoms. The molecule has 5 aromatic rings. The Morgan fingerprint density at radius 1 is 0.727 bits per heavy atom. The van der Waals surface area contributed by atoms with Crippen LogP contribution in [0, 0.1) is 5.92 Å². The minimum atomic E-state index is -0.417. The molecule has 0 saturated heterocycles. The molecule has 1 saturated carbocycles. The van der Waals surface area contributed by atoms with Gasteiger partial charge in [0.25, 0.3) is 0 Å². The van der Waals surface area contributed by atoms with Gasteiger partial charge < -0.3 is 9.71 Å². The number of nitrogens with zero attached hydrogens (tertiary/aromatic N) is 2. The van der Waals surface area contributed by atoms with Gasteiger partial charge in [-0.15, -0.1) is 0 Å². The molecule has 2 nitrogen and oxygen atoms in total. The number of aryl methyl sites for hydroxylation is 1. The molecule has 6 atom stereocenters. The summed E-state index contributed by atoms with van der Waals surface area (Å²) >= 11 is 2.19. The molecule has 9 aliphatic rings. The number of anilines is 3. The highest BCUT2D eigenvalue weighted by molar-refractivity contribution is 8.03. The Hall–Kier alpha value is -4.41. The van der Waals surface area contributed by atoms with Gasteiger partial charge in [0.05, 0.1) is 5.54 Å². The van der Waals surface area contributed by atoms with Crippen LogP contribution in [0.15, 0.2) is 117 Å². The van der Waals surface area contributed by atoms with Gasteiger partial charge in [-0.3, -0.25) is 0 Å². The summed E-state index contributed by atoms with van der Waals surface area (Å²) < 4.78 is 0. The van der Waals surface area contributed by atoms with Crippen LogP contribution in [0.5, 0.6) is 0 Å². The largest absolute Gasteiger partial charge is 0.400 e. The minimum Gasteiger partial charge on any atom is -0.400 e. The van der Waals surface area contributed by atoms with Crippen LogP contribution in [0.4, 0.5) is 17.1 Å². The Kier molecular flexibility index (Phi) is 7.65. The number of benzene rings is 5. The van der Waals surface area contributed by atoms with Crippen molar-refractivity contribution in [3.63, 3.8) is 0 Å². The van der Waals surface area contributed by atoms with Gasteiger partial charge in [-0.1, -0.05) is 146 Å². The van der Waals surface area contributed by atoms with E-state index in [1.807, 2.05) is 0 Å². The Morgan fingerprint density at radius 3 is 2.24 bits per heavy atom. The Bertz CT molecular complexity index is 3200. The molecule has 5 heterocycles. The Morgan fingerprint density at radius 2 is 1.45 bits per heavy atom. The highest BCUT2D eigenvalue weighted by atomic mass is 32.2. The van der Waals surface area contributed by atoms with Crippen molar-refractivity contribution in [3.8, 4) is 11.1 Å². The average molecular weight is 883 g/mol. The van der Waals surface area contributed by atoms with Gasteiger partial charge in [-0.2, -0.15) is 0 Å². The van der Waals surface area contributed by atoms with Crippen molar-refractivity contribution in [1.82, 2.24) is 0 Å². The quantitative estimate of drug-likeness (QED) is 0.132. The van der Waals surface area contributed by atoms with Crippen LogP contribution in [-0.2, 0) is 33.5 Å². The SMILES string of the molecule is CCCCc1cc2c3c(c1)C1(C)CCCCC1(C)N3B1C3=C4Sc5cc6c(cc5C4(C)C4=C5C(C)(C=CC4C)c4ccccc4N(c4cc7ccccc7c-2c41)C35C)C(C)(C)CCC6(C)C. The number of fused-ring (bicyclic) bond motifs is 17. The van der Waals surface area contributed by atoms with Crippen molar-refractivity contribution >= 4 is 51.9 Å². The van der Waals surface area contributed by atoms with Crippen LogP contribution in [0.1, 0.15) is 161 Å². The molecule has 4 aliphatic carbocycles. The van der Waals surface area contributed by atoms with Crippen molar-refractivity contribution in [1.29, 1.82) is 0 Å². The summed E-state index contributed by atoms with van der Waals surface area (Å²) in [4.78, 5) is 9.21. The molecule has 0 radical (unpaired) electrons. The normalized spacial score (nSPS) is 32.7. The zero-order chi connectivity index (χ0) is 45.5. The lowest BCUT2D eigenvalue weighted by molar-refractivity contribution is 0.199. The minimum absolute atomic E-state index is 0.0407. The van der Waals surface area contributed by atoms with E-state index in [1.54, 1.807) is 54.9 Å². The molecule has 0 aromatic heterocycles. The summed E-state index contributed by atoms with van der Waals surface area (Å²) in [7, 11) is 0. The lowest BCUT2D eigenvalue weighted by Crippen LogP contribution is -2.74. The predicted octanol–water partition coefficient (Wildman–Crippen LogP) is 15.4. The zero-order valence-electron chi connectivity index (χ0n) is 41.5. The first kappa shape index (κ1) is 40.6. The van der Waals surface area contributed by atoms with Gasteiger partial charge >= 0.3 is 6.85 Å². The van der Waals surface area contributed by atoms with E-state index >= 15 is 0 Å². The molecule has 5 aliphatic heterocycles. The Balaban J connectivity index is 1.19. The zero-order valence-corrected chi connectivity index (χ0v) is 42.3. The molecule has 1 fully saturated rings. The maximum atomic E-state index is 3.15. The number of hydrogen-bond acceptors (Lipinski definition) is 3. The van der Waals surface area contributed by atoms with E-state index in [-0.39, 0.29) is 39.5 Å². The highest BCUT2D eigenvalue weighted by Gasteiger charge is 2.71. The molecule has 4 heteroatoms. The predicted molar refractivity (Wildman–Crippen MR) is 282 cm³/mol. The van der Waals surface area contributed by atoms with Gasteiger partial charge in [0, 0.05) is 49.3 Å². The van der Waals surface area contributed by atoms with Crippen molar-refractivity contribution in [3.05, 3.63) is 146 Å². The van der Waals surface area contributed by atoms with Crippen LogP contribution >= 0.6 is 11.8 Å². The molecular weight excluding hydrogens is 816 g/mol. The lowest BCUT2D eigenvalue weighted by atomic mass is 9.33. The maximum absolute atomic E-state index is 3.15. The molecule has 6 unspecified atom stereocenters. The number of allylic oxidation sites excluding steroid dienone is 4. The summed E-state index contributed by atoms with van der Waals surface area (Å²) in [5, 5.41) is 2.77. The second-order valence-electron chi connectivity index (χ2n) is 24.8. The van der Waals surface area contributed by atoms with Gasteiger partial charge in [-0.25, -0.2) is 0 Å². The maximum Gasteiger partial charge on any atom is 0.326 e. The van der Waals surface area contributed by atoms with Crippen LogP contribution in [0.2, 0.25) is 0 Å². The first-order chi connectivity index (χ1) is 31.4. The first-order valence-corrected chi connectivity index (χ1v) is 26.8. The Labute approximate surface area is 399 Å². The first-order valence-electron chi connectivity index (χ1n) is 25.9. The van der Waals surface area contributed by atoms with Gasteiger partial charge in [0.2, 0.25) is 0 Å². The van der Waals surface area contributed by atoms with Gasteiger partial charge in [-0.05, 0) is 184 Å². The van der Waals surface area contributed by atoms with Crippen LogP contribution in [-0.4, -0.2) is 17.9 Å². The second-order valence-corrected chi connectivity index (χ2v) is 25.9. The summed E-state index contributed by atoms with van der Waals surface area (Å²) in [5.41, 5.74) is 22.5. The third-order valence-electron chi connectivity index (χ3n) is 20.6. The monoisotopic (exact) mass is 883 g/mol. The van der Waals surface area contributed by atoms with Crippen LogP contribution in [0.25, 0.3) is 21.9 Å². The highest BCUT2D eigenvalue weighted by Crippen LogP contribution is 2.74. The summed E-state index contributed by atoms with van der Waals surface area (Å²) in [6, 6.07) is 32.6. The fraction of sp³-hybridized carbons (Fsp3) is 0.452. The number of thioether (sulfide) groups is 1. The smallest absolute Gasteiger partial charge is 0.326 e. The molecule has 0 N–H and O–H groups in total. The van der Waals surface area contributed by atoms with Crippen molar-refractivity contribution in [2.45, 2.75) is 177 Å². The number of rotatable bonds is 3. The fourth-order valence-electron chi connectivity index (χ4n) is 17.0. The molecule has 334 valence electrons. The van der Waals surface area contributed by atoms with Crippen molar-refractivity contribution < 1.29 is 0 Å². The lowest BCUT2D eigenvalue weighted by Gasteiger charge is -2.67. The summed E-state index contributed by atoms with van der Waals surface area (Å²) in [6.45, 7) is 28.5.